The second-order valence-corrected chi connectivity index (χ2v) is 7.36. The standard InChI is InChI=1S/C18H15F2N3OS/c1-11(24)23-18(8-2-5-16-14(18)4-3-9-21-16)25-17(22-23)13-10-12(19)6-7-15(13)20/h3-4,6-7,9-10H,2,5,8H2,1H3. The first-order valence-corrected chi connectivity index (χ1v) is 8.81. The number of rotatable bonds is 1. The number of carbonyl (C=O) groups excluding carboxylic acids is 1. The third-order valence-electron chi connectivity index (χ3n) is 4.50. The summed E-state index contributed by atoms with van der Waals surface area (Å²) in [6.45, 7) is 1.43. The highest BCUT2D eigenvalue weighted by atomic mass is 32.2. The monoisotopic (exact) mass is 359 g/mol. The van der Waals surface area contributed by atoms with Gasteiger partial charge in [-0.3, -0.25) is 9.78 Å². The molecule has 2 heterocycles. The minimum Gasteiger partial charge on any atom is -0.273 e. The molecule has 2 aliphatic rings. The first kappa shape index (κ1) is 16.2. The fourth-order valence-electron chi connectivity index (χ4n) is 3.44. The predicted molar refractivity (Wildman–Crippen MR) is 91.9 cm³/mol. The van der Waals surface area contributed by atoms with Crippen LogP contribution < -0.4 is 0 Å². The minimum atomic E-state index is -0.748. The fourth-order valence-corrected chi connectivity index (χ4v) is 4.95. The van der Waals surface area contributed by atoms with E-state index in [0.717, 1.165) is 42.3 Å². The van der Waals surface area contributed by atoms with Crippen molar-refractivity contribution in [1.82, 2.24) is 9.99 Å². The number of hydrazone groups is 1. The highest BCUT2D eigenvalue weighted by Gasteiger charge is 2.50. The van der Waals surface area contributed by atoms with Crippen molar-refractivity contribution in [2.75, 3.05) is 0 Å². The van der Waals surface area contributed by atoms with E-state index >= 15 is 0 Å². The molecular formula is C18H15F2N3OS. The number of fused-ring (bicyclic) bond motifs is 2. The number of halogens is 2. The first-order valence-electron chi connectivity index (χ1n) is 7.99. The van der Waals surface area contributed by atoms with Crippen molar-refractivity contribution in [2.45, 2.75) is 31.1 Å². The summed E-state index contributed by atoms with van der Waals surface area (Å²) >= 11 is 1.30. The SMILES string of the molecule is CC(=O)N1N=C(c2cc(F)ccc2F)SC12CCCc1ncccc12. The Labute approximate surface area is 147 Å². The Morgan fingerprint density at radius 3 is 2.96 bits per heavy atom. The lowest BCUT2D eigenvalue weighted by Crippen LogP contribution is -2.42. The molecule has 1 aliphatic carbocycles. The van der Waals surface area contributed by atoms with Gasteiger partial charge in [0, 0.05) is 29.9 Å². The molecule has 4 rings (SSSR count). The molecule has 1 aromatic carbocycles. The zero-order valence-corrected chi connectivity index (χ0v) is 14.3. The Morgan fingerprint density at radius 1 is 1.32 bits per heavy atom. The number of aromatic nitrogens is 1. The number of amides is 1. The van der Waals surface area contributed by atoms with Gasteiger partial charge < -0.3 is 0 Å². The van der Waals surface area contributed by atoms with Gasteiger partial charge in [0.1, 0.15) is 21.5 Å². The number of nitrogens with zero attached hydrogens (tertiary/aromatic N) is 3. The van der Waals surface area contributed by atoms with E-state index < -0.39 is 16.5 Å². The molecular weight excluding hydrogens is 344 g/mol. The van der Waals surface area contributed by atoms with Crippen molar-refractivity contribution < 1.29 is 13.6 Å². The van der Waals surface area contributed by atoms with Crippen LogP contribution in [0.4, 0.5) is 8.78 Å². The van der Waals surface area contributed by atoms with Gasteiger partial charge >= 0.3 is 0 Å². The van der Waals surface area contributed by atoms with Gasteiger partial charge in [0.15, 0.2) is 0 Å². The molecule has 0 fully saturated rings. The van der Waals surface area contributed by atoms with E-state index in [9.17, 15) is 13.6 Å². The zero-order valence-electron chi connectivity index (χ0n) is 13.5. The van der Waals surface area contributed by atoms with E-state index in [-0.39, 0.29) is 11.5 Å². The van der Waals surface area contributed by atoms with Gasteiger partial charge in [0.25, 0.3) is 0 Å². The number of thioether (sulfide) groups is 1. The van der Waals surface area contributed by atoms with E-state index in [4.69, 9.17) is 0 Å². The highest BCUT2D eigenvalue weighted by Crippen LogP contribution is 2.53. The summed E-state index contributed by atoms with van der Waals surface area (Å²) in [5.41, 5.74) is 1.91. The molecule has 0 saturated carbocycles. The van der Waals surface area contributed by atoms with Gasteiger partial charge in [-0.15, -0.1) is 0 Å². The molecule has 2 aromatic rings. The van der Waals surface area contributed by atoms with Crippen LogP contribution in [-0.2, 0) is 16.1 Å². The number of pyridine rings is 1. The molecule has 128 valence electrons. The molecule has 1 aromatic heterocycles. The summed E-state index contributed by atoms with van der Waals surface area (Å²) in [6, 6.07) is 7.02. The van der Waals surface area contributed by atoms with E-state index in [0.29, 0.717) is 11.5 Å². The lowest BCUT2D eigenvalue weighted by molar-refractivity contribution is -0.132. The van der Waals surface area contributed by atoms with Crippen LogP contribution in [0.2, 0.25) is 0 Å². The Kier molecular flexibility index (Phi) is 3.83. The maximum absolute atomic E-state index is 14.2. The maximum Gasteiger partial charge on any atom is 0.241 e. The fraction of sp³-hybridized carbons (Fsp3) is 0.278. The molecule has 1 unspecified atom stereocenters. The lowest BCUT2D eigenvalue weighted by atomic mass is 9.90. The number of carbonyl (C=O) groups is 1. The molecule has 0 bridgehead atoms. The molecule has 0 N–H and O–H groups in total. The Balaban J connectivity index is 1.85. The van der Waals surface area contributed by atoms with Gasteiger partial charge in [-0.25, -0.2) is 13.8 Å². The van der Waals surface area contributed by atoms with Crippen LogP contribution in [0.25, 0.3) is 0 Å². The summed E-state index contributed by atoms with van der Waals surface area (Å²) in [5, 5.41) is 6.07. The van der Waals surface area contributed by atoms with Crippen molar-refractivity contribution in [3.05, 3.63) is 65.0 Å². The largest absolute Gasteiger partial charge is 0.273 e. The summed E-state index contributed by atoms with van der Waals surface area (Å²) in [6.07, 6.45) is 4.08. The lowest BCUT2D eigenvalue weighted by Gasteiger charge is -2.38. The van der Waals surface area contributed by atoms with Crippen molar-refractivity contribution in [2.24, 2.45) is 5.10 Å². The third kappa shape index (κ3) is 2.54. The highest BCUT2D eigenvalue weighted by molar-refractivity contribution is 8.15. The van der Waals surface area contributed by atoms with Gasteiger partial charge in [-0.1, -0.05) is 17.8 Å². The van der Waals surface area contributed by atoms with Crippen molar-refractivity contribution in [3.8, 4) is 0 Å². The van der Waals surface area contributed by atoms with E-state index in [1.54, 1.807) is 6.20 Å². The van der Waals surface area contributed by atoms with Crippen molar-refractivity contribution in [1.29, 1.82) is 0 Å². The van der Waals surface area contributed by atoms with E-state index in [2.05, 4.69) is 10.1 Å². The van der Waals surface area contributed by atoms with Gasteiger partial charge in [-0.05, 0) is 43.5 Å². The van der Waals surface area contributed by atoms with Crippen molar-refractivity contribution in [3.63, 3.8) is 0 Å². The summed E-state index contributed by atoms with van der Waals surface area (Å²) in [5.74, 6) is -1.34. The molecule has 0 radical (unpaired) electrons. The van der Waals surface area contributed by atoms with Crippen LogP contribution in [-0.4, -0.2) is 20.9 Å². The molecule has 0 saturated heterocycles. The average molecular weight is 359 g/mol. The number of hydrogen-bond donors (Lipinski definition) is 0. The molecule has 1 spiro atoms. The molecule has 4 nitrogen and oxygen atoms in total. The Hall–Kier alpha value is -2.28. The zero-order chi connectivity index (χ0) is 17.6. The minimum absolute atomic E-state index is 0.0733. The van der Waals surface area contributed by atoms with Crippen LogP contribution >= 0.6 is 11.8 Å². The predicted octanol–water partition coefficient (Wildman–Crippen LogP) is 3.81. The average Bonchev–Trinajstić information content (AvgIpc) is 2.98. The third-order valence-corrected chi connectivity index (χ3v) is 5.93. The molecule has 7 heteroatoms. The first-order chi connectivity index (χ1) is 12.0. The topological polar surface area (TPSA) is 45.6 Å². The molecule has 1 aliphatic heterocycles. The van der Waals surface area contributed by atoms with Crippen LogP contribution in [0.15, 0.2) is 41.6 Å². The normalized spacial score (nSPS) is 22.0. The second kappa shape index (κ2) is 5.91. The van der Waals surface area contributed by atoms with Gasteiger partial charge in [-0.2, -0.15) is 5.10 Å². The number of aryl methyl sites for hydroxylation is 1. The Morgan fingerprint density at radius 2 is 2.16 bits per heavy atom. The number of hydrogen-bond acceptors (Lipinski definition) is 4. The summed E-state index contributed by atoms with van der Waals surface area (Å²) < 4.78 is 27.8. The van der Waals surface area contributed by atoms with Crippen LogP contribution in [0, 0.1) is 11.6 Å². The van der Waals surface area contributed by atoms with Crippen LogP contribution in [0.5, 0.6) is 0 Å². The van der Waals surface area contributed by atoms with Crippen LogP contribution in [0.1, 0.15) is 36.6 Å². The van der Waals surface area contributed by atoms with Gasteiger partial charge in [0.05, 0.1) is 0 Å². The molecule has 1 atom stereocenters. The van der Waals surface area contributed by atoms with E-state index in [1.165, 1.54) is 23.7 Å². The molecule has 1 amide bonds. The van der Waals surface area contributed by atoms with Crippen LogP contribution in [0.3, 0.4) is 0 Å². The summed E-state index contributed by atoms with van der Waals surface area (Å²) in [4.78, 5) is 16.0. The summed E-state index contributed by atoms with van der Waals surface area (Å²) in [7, 11) is 0. The second-order valence-electron chi connectivity index (χ2n) is 6.10. The number of benzene rings is 1. The smallest absolute Gasteiger partial charge is 0.241 e. The molecule has 25 heavy (non-hydrogen) atoms. The van der Waals surface area contributed by atoms with Gasteiger partial charge in [0.2, 0.25) is 5.91 Å². The van der Waals surface area contributed by atoms with E-state index in [1.807, 2.05) is 12.1 Å². The quantitative estimate of drug-likeness (QED) is 0.778. The Bertz CT molecular complexity index is 902. The van der Waals surface area contributed by atoms with Crippen molar-refractivity contribution >= 4 is 22.7 Å². The maximum atomic E-state index is 14.2.